The van der Waals surface area contributed by atoms with Gasteiger partial charge < -0.3 is 24.3 Å². The Kier molecular flexibility index (Phi) is 8.17. The fourth-order valence-electron chi connectivity index (χ4n) is 3.91. The maximum atomic E-state index is 14.6. The van der Waals surface area contributed by atoms with Crippen molar-refractivity contribution >= 4 is 28.7 Å². The number of carbonyl (C=O) groups is 1. The second-order valence-electron chi connectivity index (χ2n) is 8.26. The second-order valence-corrected chi connectivity index (χ2v) is 8.66. The first-order chi connectivity index (χ1) is 16.2. The highest BCUT2D eigenvalue weighted by Crippen LogP contribution is 2.32. The van der Waals surface area contributed by atoms with E-state index >= 15 is 0 Å². The summed E-state index contributed by atoms with van der Waals surface area (Å²) in [7, 11) is 0. The summed E-state index contributed by atoms with van der Waals surface area (Å²) in [5, 5.41) is 19.2. The molecule has 0 bridgehead atoms. The number of halogens is 2. The van der Waals surface area contributed by atoms with Crippen LogP contribution in [0.4, 0.5) is 9.18 Å². The molecule has 0 amide bonds. The summed E-state index contributed by atoms with van der Waals surface area (Å²) in [5.74, 6) is -0.509. The first-order valence-electron chi connectivity index (χ1n) is 11.0. The van der Waals surface area contributed by atoms with Gasteiger partial charge in [0.15, 0.2) is 5.75 Å². The molecule has 0 spiro atoms. The van der Waals surface area contributed by atoms with E-state index in [4.69, 9.17) is 26.2 Å². The van der Waals surface area contributed by atoms with Gasteiger partial charge in [0.2, 0.25) is 5.43 Å². The van der Waals surface area contributed by atoms with Crippen LogP contribution in [0.1, 0.15) is 50.8 Å². The summed E-state index contributed by atoms with van der Waals surface area (Å²) in [6, 6.07) is 7.47. The van der Waals surface area contributed by atoms with Gasteiger partial charge in [0.05, 0.1) is 40.9 Å². The first kappa shape index (κ1) is 25.5. The predicted molar refractivity (Wildman–Crippen MR) is 128 cm³/mol. The molecule has 7 nitrogen and oxygen atoms in total. The van der Waals surface area contributed by atoms with Crippen LogP contribution < -0.4 is 14.9 Å². The molecule has 0 saturated heterocycles. The Morgan fingerprint density at radius 3 is 2.56 bits per heavy atom. The number of fused-ring (bicyclic) bond motifs is 1. The molecule has 182 valence electrons. The summed E-state index contributed by atoms with van der Waals surface area (Å²) in [5.41, 5.74) is 0.652. The molecule has 0 unspecified atom stereocenters. The minimum absolute atomic E-state index is 0.0190. The summed E-state index contributed by atoms with van der Waals surface area (Å²) in [6.45, 7) is 5.41. The number of rotatable bonds is 9. The summed E-state index contributed by atoms with van der Waals surface area (Å²) < 4.78 is 27.0. The molecule has 1 atom stereocenters. The van der Waals surface area contributed by atoms with Crippen LogP contribution in [-0.2, 0) is 6.42 Å². The summed E-state index contributed by atoms with van der Waals surface area (Å²) in [6.07, 6.45) is 0.878. The van der Waals surface area contributed by atoms with Gasteiger partial charge in [-0.05, 0) is 43.5 Å². The average Bonchev–Trinajstić information content (AvgIpc) is 2.77. The van der Waals surface area contributed by atoms with Gasteiger partial charge in [0.1, 0.15) is 11.6 Å². The van der Waals surface area contributed by atoms with Crippen molar-refractivity contribution in [2.75, 3.05) is 6.61 Å². The largest absolute Gasteiger partial charge is 0.511 e. The molecular weight excluding hydrogens is 465 g/mol. The lowest BCUT2D eigenvalue weighted by Crippen LogP contribution is -2.21. The van der Waals surface area contributed by atoms with Crippen molar-refractivity contribution in [2.45, 2.75) is 52.2 Å². The van der Waals surface area contributed by atoms with Gasteiger partial charge in [-0.3, -0.25) is 4.79 Å². The lowest BCUT2D eigenvalue weighted by molar-refractivity contribution is 0.143. The van der Waals surface area contributed by atoms with Gasteiger partial charge in [-0.1, -0.05) is 37.1 Å². The van der Waals surface area contributed by atoms with Crippen LogP contribution in [0.3, 0.4) is 0 Å². The fourth-order valence-corrected chi connectivity index (χ4v) is 4.10. The van der Waals surface area contributed by atoms with Crippen molar-refractivity contribution in [3.05, 3.63) is 68.7 Å². The maximum Gasteiger partial charge on any atom is 0.511 e. The van der Waals surface area contributed by atoms with E-state index in [2.05, 4.69) is 0 Å². The topological polar surface area (TPSA) is 98.0 Å². The van der Waals surface area contributed by atoms with E-state index in [0.29, 0.717) is 28.8 Å². The van der Waals surface area contributed by atoms with Crippen molar-refractivity contribution in [1.82, 2.24) is 4.57 Å². The zero-order valence-electron chi connectivity index (χ0n) is 19.2. The number of hydrogen-bond acceptors (Lipinski definition) is 5. The molecule has 0 aliphatic heterocycles. The Morgan fingerprint density at radius 1 is 1.21 bits per heavy atom. The van der Waals surface area contributed by atoms with Crippen molar-refractivity contribution in [2.24, 2.45) is 0 Å². The number of carboxylic acid groups (broad SMARTS) is 1. The van der Waals surface area contributed by atoms with E-state index in [0.717, 1.165) is 6.42 Å². The van der Waals surface area contributed by atoms with E-state index in [1.165, 1.54) is 12.3 Å². The Labute approximate surface area is 201 Å². The van der Waals surface area contributed by atoms with Gasteiger partial charge in [0.25, 0.3) is 0 Å². The lowest BCUT2D eigenvalue weighted by atomic mass is 10.00. The quantitative estimate of drug-likeness (QED) is 0.380. The van der Waals surface area contributed by atoms with Gasteiger partial charge in [-0.15, -0.1) is 0 Å². The molecule has 0 radical (unpaired) electrons. The molecule has 2 N–H and O–H groups in total. The third-order valence-electron chi connectivity index (χ3n) is 5.38. The number of ether oxygens (including phenoxy) is 2. The van der Waals surface area contributed by atoms with Crippen LogP contribution >= 0.6 is 11.6 Å². The lowest BCUT2D eigenvalue weighted by Gasteiger charge is -2.23. The van der Waals surface area contributed by atoms with E-state index in [-0.39, 0.29) is 35.3 Å². The molecule has 0 aliphatic carbocycles. The van der Waals surface area contributed by atoms with Crippen LogP contribution in [-0.4, -0.2) is 33.6 Å². The van der Waals surface area contributed by atoms with Crippen LogP contribution in [0.15, 0.2) is 41.3 Å². The predicted octanol–water partition coefficient (Wildman–Crippen LogP) is 5.56. The van der Waals surface area contributed by atoms with Gasteiger partial charge >= 0.3 is 6.16 Å². The van der Waals surface area contributed by atoms with Crippen molar-refractivity contribution < 1.29 is 28.9 Å². The smallest absolute Gasteiger partial charge is 0.491 e. The molecule has 3 aromatic rings. The Hall–Kier alpha value is -3.10. The van der Waals surface area contributed by atoms with E-state index in [1.54, 1.807) is 28.8 Å². The van der Waals surface area contributed by atoms with Crippen LogP contribution in [0.2, 0.25) is 5.02 Å². The van der Waals surface area contributed by atoms with Crippen LogP contribution in [0.25, 0.3) is 10.9 Å². The van der Waals surface area contributed by atoms with Gasteiger partial charge in [0, 0.05) is 12.5 Å². The SMILES string of the molecule is CCC[C@@H](CO)n1cc(OC(=O)O)c(=O)c2cc(Cc3cccc(Cl)c3F)c(OC(C)C)cc21. The average molecular weight is 492 g/mol. The van der Waals surface area contributed by atoms with Crippen molar-refractivity contribution in [3.63, 3.8) is 0 Å². The number of benzene rings is 2. The Bertz CT molecular complexity index is 1260. The molecule has 34 heavy (non-hydrogen) atoms. The first-order valence-corrected chi connectivity index (χ1v) is 11.4. The van der Waals surface area contributed by atoms with Gasteiger partial charge in [-0.25, -0.2) is 9.18 Å². The molecule has 0 aliphatic rings. The fraction of sp³-hybridized carbons (Fsp3) is 0.360. The number of aliphatic hydroxyl groups is 1. The zero-order valence-corrected chi connectivity index (χ0v) is 19.9. The Balaban J connectivity index is 2.31. The number of hydrogen-bond donors (Lipinski definition) is 2. The molecule has 9 heteroatoms. The molecule has 2 aromatic carbocycles. The number of aliphatic hydroxyl groups excluding tert-OH is 1. The van der Waals surface area contributed by atoms with Crippen LogP contribution in [0, 0.1) is 5.82 Å². The third-order valence-corrected chi connectivity index (χ3v) is 5.67. The highest BCUT2D eigenvalue weighted by atomic mass is 35.5. The maximum absolute atomic E-state index is 14.6. The zero-order chi connectivity index (χ0) is 25.0. The number of nitrogens with zero attached hydrogens (tertiary/aromatic N) is 1. The summed E-state index contributed by atoms with van der Waals surface area (Å²) in [4.78, 5) is 24.3. The number of aromatic nitrogens is 1. The molecule has 0 fully saturated rings. The van der Waals surface area contributed by atoms with Gasteiger partial charge in [-0.2, -0.15) is 0 Å². The monoisotopic (exact) mass is 491 g/mol. The Morgan fingerprint density at radius 2 is 1.94 bits per heavy atom. The van der Waals surface area contributed by atoms with Crippen molar-refractivity contribution in [3.8, 4) is 11.5 Å². The van der Waals surface area contributed by atoms with E-state index in [9.17, 15) is 19.1 Å². The number of pyridine rings is 1. The summed E-state index contributed by atoms with van der Waals surface area (Å²) >= 11 is 5.94. The molecule has 0 saturated carbocycles. The minimum Gasteiger partial charge on any atom is -0.491 e. The van der Waals surface area contributed by atoms with Crippen molar-refractivity contribution in [1.29, 1.82) is 0 Å². The normalized spacial score (nSPS) is 12.2. The third kappa shape index (κ3) is 5.51. The minimum atomic E-state index is -1.62. The second kappa shape index (κ2) is 10.9. The highest BCUT2D eigenvalue weighted by molar-refractivity contribution is 6.30. The van der Waals surface area contributed by atoms with Crippen LogP contribution in [0.5, 0.6) is 11.5 Å². The molecule has 1 heterocycles. The molecular formula is C25H27ClFNO6. The van der Waals surface area contributed by atoms with E-state index in [1.807, 2.05) is 20.8 Å². The highest BCUT2D eigenvalue weighted by Gasteiger charge is 2.21. The standard InChI is InChI=1S/C25H27ClFNO6/c1-4-6-17(13-29)28-12-22(34-25(31)32)24(30)18-10-16(21(11-20(18)28)33-14(2)3)9-15-7-5-8-19(26)23(15)27/h5,7-8,10-12,14,17,29H,4,6,9,13H2,1-3H3,(H,31,32)/t17-/m0/s1. The molecule has 1 aromatic heterocycles. The van der Waals surface area contributed by atoms with E-state index < -0.39 is 23.4 Å². The molecule has 3 rings (SSSR count).